The third-order valence-electron chi connectivity index (χ3n) is 4.14. The molecule has 120 valence electrons. The molecule has 0 aromatic heterocycles. The number of hydrogen-bond acceptors (Lipinski definition) is 2. The molecule has 0 aliphatic carbocycles. The van der Waals surface area contributed by atoms with Gasteiger partial charge in [0.25, 0.3) is 0 Å². The van der Waals surface area contributed by atoms with E-state index < -0.39 is 0 Å². The first-order valence-corrected chi connectivity index (χ1v) is 8.63. The molecule has 1 aromatic carbocycles. The van der Waals surface area contributed by atoms with Crippen molar-refractivity contribution >= 4 is 15.9 Å². The van der Waals surface area contributed by atoms with E-state index in [2.05, 4.69) is 42.0 Å². The minimum atomic E-state index is -0.221. The van der Waals surface area contributed by atoms with Crippen LogP contribution in [0.4, 0.5) is 4.39 Å². The van der Waals surface area contributed by atoms with Gasteiger partial charge in [0, 0.05) is 12.6 Å². The van der Waals surface area contributed by atoms with Crippen LogP contribution in [0.25, 0.3) is 0 Å². The van der Waals surface area contributed by atoms with Crippen molar-refractivity contribution in [2.24, 2.45) is 0 Å². The normalized spacial score (nSPS) is 13.4. The average Bonchev–Trinajstić information content (AvgIpc) is 2.48. The molecule has 1 unspecified atom stereocenters. The summed E-state index contributed by atoms with van der Waals surface area (Å²) in [5.74, 6) is -0.221. The molecule has 1 atom stereocenters. The molecule has 0 aliphatic rings. The fraction of sp³-hybridized carbons (Fsp3) is 0.647. The number of ether oxygens (including phenoxy) is 1. The molecular weight excluding hydrogens is 333 g/mol. The van der Waals surface area contributed by atoms with Gasteiger partial charge < -0.3 is 10.1 Å². The molecule has 0 heterocycles. The minimum absolute atomic E-state index is 0.175. The highest BCUT2D eigenvalue weighted by atomic mass is 79.9. The predicted octanol–water partition coefficient (Wildman–Crippen LogP) is 4.70. The van der Waals surface area contributed by atoms with Crippen molar-refractivity contribution in [3.63, 3.8) is 0 Å². The van der Waals surface area contributed by atoms with Gasteiger partial charge in [0.15, 0.2) is 0 Å². The SMILES string of the molecule is CCNC(Cc1ccc(F)c(Br)c1)C(CC)(CC)OCC. The molecule has 0 spiro atoms. The van der Waals surface area contributed by atoms with Crippen LogP contribution in [0.2, 0.25) is 0 Å². The molecule has 0 bridgehead atoms. The second kappa shape index (κ2) is 8.86. The molecule has 1 rings (SSSR count). The van der Waals surface area contributed by atoms with Crippen molar-refractivity contribution in [2.45, 2.75) is 58.6 Å². The molecule has 0 amide bonds. The van der Waals surface area contributed by atoms with E-state index in [1.165, 1.54) is 6.07 Å². The molecule has 0 fully saturated rings. The number of hydrogen-bond donors (Lipinski definition) is 1. The number of halogens is 2. The Labute approximate surface area is 136 Å². The molecule has 0 saturated heterocycles. The highest BCUT2D eigenvalue weighted by Crippen LogP contribution is 2.28. The summed E-state index contributed by atoms with van der Waals surface area (Å²) in [6.07, 6.45) is 2.74. The maximum atomic E-state index is 13.4. The first-order valence-electron chi connectivity index (χ1n) is 7.84. The maximum absolute atomic E-state index is 13.4. The molecular formula is C17H27BrFNO. The smallest absolute Gasteiger partial charge is 0.137 e. The monoisotopic (exact) mass is 359 g/mol. The van der Waals surface area contributed by atoms with E-state index in [0.29, 0.717) is 11.1 Å². The van der Waals surface area contributed by atoms with E-state index in [-0.39, 0.29) is 17.5 Å². The van der Waals surface area contributed by atoms with Crippen molar-refractivity contribution in [3.8, 4) is 0 Å². The quantitative estimate of drug-likeness (QED) is 0.689. The molecule has 2 nitrogen and oxygen atoms in total. The lowest BCUT2D eigenvalue weighted by molar-refractivity contribution is -0.0715. The van der Waals surface area contributed by atoms with Gasteiger partial charge in [0.2, 0.25) is 0 Å². The number of likely N-dealkylation sites (N-methyl/N-ethyl adjacent to an activating group) is 1. The summed E-state index contributed by atoms with van der Waals surface area (Å²) in [6.45, 7) is 10.1. The van der Waals surface area contributed by atoms with E-state index in [0.717, 1.165) is 31.4 Å². The number of benzene rings is 1. The van der Waals surface area contributed by atoms with E-state index >= 15 is 0 Å². The second-order valence-corrected chi connectivity index (χ2v) is 6.12. The van der Waals surface area contributed by atoms with Crippen LogP contribution in [0.15, 0.2) is 22.7 Å². The van der Waals surface area contributed by atoms with E-state index in [1.807, 2.05) is 19.1 Å². The van der Waals surface area contributed by atoms with Crippen LogP contribution in [0.5, 0.6) is 0 Å². The third kappa shape index (κ3) is 4.76. The lowest BCUT2D eigenvalue weighted by Gasteiger charge is -2.40. The second-order valence-electron chi connectivity index (χ2n) is 5.27. The molecule has 21 heavy (non-hydrogen) atoms. The molecule has 0 saturated carbocycles. The van der Waals surface area contributed by atoms with Crippen molar-refractivity contribution in [2.75, 3.05) is 13.2 Å². The van der Waals surface area contributed by atoms with Crippen LogP contribution in [0, 0.1) is 5.82 Å². The Bertz CT molecular complexity index is 435. The maximum Gasteiger partial charge on any atom is 0.137 e. The average molecular weight is 360 g/mol. The van der Waals surface area contributed by atoms with Crippen LogP contribution < -0.4 is 5.32 Å². The first-order chi connectivity index (χ1) is 10.0. The van der Waals surface area contributed by atoms with Crippen molar-refractivity contribution in [1.82, 2.24) is 5.32 Å². The van der Waals surface area contributed by atoms with Gasteiger partial charge in [-0.1, -0.05) is 26.8 Å². The fourth-order valence-electron chi connectivity index (χ4n) is 2.93. The Morgan fingerprint density at radius 1 is 1.24 bits per heavy atom. The number of nitrogens with one attached hydrogen (secondary N) is 1. The minimum Gasteiger partial charge on any atom is -0.374 e. The van der Waals surface area contributed by atoms with Gasteiger partial charge in [0.1, 0.15) is 5.82 Å². The topological polar surface area (TPSA) is 21.3 Å². The predicted molar refractivity (Wildman–Crippen MR) is 90.2 cm³/mol. The molecule has 1 N–H and O–H groups in total. The molecule has 0 radical (unpaired) electrons. The van der Waals surface area contributed by atoms with Gasteiger partial charge in [-0.15, -0.1) is 0 Å². The van der Waals surface area contributed by atoms with Crippen LogP contribution in [0.1, 0.15) is 46.1 Å². The summed E-state index contributed by atoms with van der Waals surface area (Å²) in [5, 5.41) is 3.56. The summed E-state index contributed by atoms with van der Waals surface area (Å²) in [6, 6.07) is 5.45. The fourth-order valence-corrected chi connectivity index (χ4v) is 3.35. The van der Waals surface area contributed by atoms with Crippen molar-refractivity contribution < 1.29 is 9.13 Å². The lowest BCUT2D eigenvalue weighted by Crippen LogP contribution is -2.53. The Kier molecular flexibility index (Phi) is 7.85. The van der Waals surface area contributed by atoms with E-state index in [1.54, 1.807) is 0 Å². The number of rotatable bonds is 9. The van der Waals surface area contributed by atoms with E-state index in [9.17, 15) is 4.39 Å². The summed E-state index contributed by atoms with van der Waals surface area (Å²) < 4.78 is 20.0. The van der Waals surface area contributed by atoms with Gasteiger partial charge in [-0.2, -0.15) is 0 Å². The van der Waals surface area contributed by atoms with Crippen molar-refractivity contribution in [1.29, 1.82) is 0 Å². The highest BCUT2D eigenvalue weighted by molar-refractivity contribution is 9.10. The Hall–Kier alpha value is -0.450. The standard InChI is InChI=1S/C17H27BrFNO/c1-5-17(6-2,21-8-4)16(20-7-3)12-13-9-10-15(19)14(18)11-13/h9-11,16,20H,5-8,12H2,1-4H3. The Morgan fingerprint density at radius 3 is 2.38 bits per heavy atom. The summed E-state index contributed by atoms with van der Waals surface area (Å²) in [4.78, 5) is 0. The zero-order chi connectivity index (χ0) is 15.9. The Morgan fingerprint density at radius 2 is 1.90 bits per heavy atom. The van der Waals surface area contributed by atoms with Gasteiger partial charge in [-0.25, -0.2) is 4.39 Å². The van der Waals surface area contributed by atoms with Gasteiger partial charge in [-0.05, 0) is 66.4 Å². The van der Waals surface area contributed by atoms with Crippen LogP contribution in [-0.4, -0.2) is 24.8 Å². The van der Waals surface area contributed by atoms with Crippen LogP contribution in [-0.2, 0) is 11.2 Å². The van der Waals surface area contributed by atoms with Gasteiger partial charge in [0.05, 0.1) is 10.1 Å². The summed E-state index contributed by atoms with van der Waals surface area (Å²) >= 11 is 3.26. The van der Waals surface area contributed by atoms with Crippen LogP contribution >= 0.6 is 15.9 Å². The summed E-state index contributed by atoms with van der Waals surface area (Å²) in [7, 11) is 0. The lowest BCUT2D eigenvalue weighted by atomic mass is 9.84. The molecule has 4 heteroatoms. The third-order valence-corrected chi connectivity index (χ3v) is 4.75. The Balaban J connectivity index is 3.01. The largest absolute Gasteiger partial charge is 0.374 e. The van der Waals surface area contributed by atoms with Crippen LogP contribution in [0.3, 0.4) is 0 Å². The van der Waals surface area contributed by atoms with E-state index in [4.69, 9.17) is 4.74 Å². The van der Waals surface area contributed by atoms with Gasteiger partial charge in [-0.3, -0.25) is 0 Å². The highest BCUT2D eigenvalue weighted by Gasteiger charge is 2.36. The molecule has 0 aliphatic heterocycles. The first kappa shape index (κ1) is 18.6. The zero-order valence-corrected chi connectivity index (χ0v) is 15.1. The molecule has 1 aromatic rings. The van der Waals surface area contributed by atoms with Gasteiger partial charge >= 0.3 is 0 Å². The zero-order valence-electron chi connectivity index (χ0n) is 13.5. The van der Waals surface area contributed by atoms with Crippen molar-refractivity contribution in [3.05, 3.63) is 34.1 Å². The summed E-state index contributed by atoms with van der Waals surface area (Å²) in [5.41, 5.74) is 0.936.